The number of carbonyl (C=O) groups excluding carboxylic acids is 1. The molecule has 0 bridgehead atoms. The molecule has 20 heavy (non-hydrogen) atoms. The summed E-state index contributed by atoms with van der Waals surface area (Å²) in [5.41, 5.74) is 6.03. The van der Waals surface area contributed by atoms with Gasteiger partial charge >= 0.3 is 5.97 Å². The minimum absolute atomic E-state index is 0.143. The number of aliphatic carboxylic acids is 1. The molecule has 110 valence electrons. The zero-order chi connectivity index (χ0) is 15.1. The molecule has 1 amide bonds. The number of carboxylic acids is 1. The van der Waals surface area contributed by atoms with Gasteiger partial charge in [-0.3, -0.25) is 9.59 Å². The summed E-state index contributed by atoms with van der Waals surface area (Å²) >= 11 is 0. The van der Waals surface area contributed by atoms with Gasteiger partial charge in [0.25, 0.3) is 5.91 Å². The van der Waals surface area contributed by atoms with Crippen molar-refractivity contribution in [1.29, 1.82) is 0 Å². The molecule has 3 N–H and O–H groups in total. The van der Waals surface area contributed by atoms with E-state index in [1.54, 1.807) is 19.1 Å². The summed E-state index contributed by atoms with van der Waals surface area (Å²) in [4.78, 5) is 23.3. The summed E-state index contributed by atoms with van der Waals surface area (Å²) in [6.45, 7) is 2.66. The van der Waals surface area contributed by atoms with Crippen LogP contribution in [0.15, 0.2) is 24.3 Å². The fourth-order valence-corrected chi connectivity index (χ4v) is 1.77. The minimum Gasteiger partial charge on any atom is -0.484 e. The van der Waals surface area contributed by atoms with E-state index >= 15 is 0 Å². The summed E-state index contributed by atoms with van der Waals surface area (Å²) in [5, 5.41) is 8.86. The molecule has 0 heterocycles. The lowest BCUT2D eigenvalue weighted by Crippen LogP contribution is -2.28. The van der Waals surface area contributed by atoms with Crippen LogP contribution in [0, 0.1) is 5.92 Å². The maximum Gasteiger partial charge on any atom is 0.307 e. The SMILES string of the molecule is CC(CN(C)Cc1ccc(OCC(N)=O)cc1)C(=O)O. The Labute approximate surface area is 118 Å². The predicted octanol–water partition coefficient (Wildman–Crippen LogP) is 0.703. The highest BCUT2D eigenvalue weighted by Crippen LogP contribution is 2.13. The summed E-state index contributed by atoms with van der Waals surface area (Å²) in [7, 11) is 1.87. The van der Waals surface area contributed by atoms with Gasteiger partial charge in [-0.15, -0.1) is 0 Å². The van der Waals surface area contributed by atoms with E-state index < -0.39 is 17.8 Å². The molecule has 0 aliphatic carbocycles. The average Bonchev–Trinajstić information content (AvgIpc) is 2.37. The normalized spacial score (nSPS) is 12.2. The van der Waals surface area contributed by atoms with Crippen molar-refractivity contribution in [1.82, 2.24) is 4.90 Å². The van der Waals surface area contributed by atoms with Gasteiger partial charge in [0.15, 0.2) is 6.61 Å². The van der Waals surface area contributed by atoms with Gasteiger partial charge in [0.05, 0.1) is 5.92 Å². The summed E-state index contributed by atoms with van der Waals surface area (Å²) in [5.74, 6) is -1.14. The molecule has 0 aliphatic rings. The fourth-order valence-electron chi connectivity index (χ4n) is 1.77. The van der Waals surface area contributed by atoms with E-state index in [9.17, 15) is 9.59 Å². The lowest BCUT2D eigenvalue weighted by molar-refractivity contribution is -0.141. The molecular weight excluding hydrogens is 260 g/mol. The van der Waals surface area contributed by atoms with Crippen molar-refractivity contribution in [3.63, 3.8) is 0 Å². The standard InChI is InChI=1S/C14H20N2O4/c1-10(14(18)19)7-16(2)8-11-3-5-12(6-4-11)20-9-13(15)17/h3-6,10H,7-9H2,1-2H3,(H2,15,17)(H,18,19). The quantitative estimate of drug-likeness (QED) is 0.731. The third kappa shape index (κ3) is 5.71. The zero-order valence-electron chi connectivity index (χ0n) is 11.7. The average molecular weight is 280 g/mol. The molecule has 1 atom stereocenters. The van der Waals surface area contributed by atoms with Crippen LogP contribution in [0.5, 0.6) is 5.75 Å². The molecule has 1 aromatic rings. The van der Waals surface area contributed by atoms with Crippen molar-refractivity contribution in [2.75, 3.05) is 20.2 Å². The highest BCUT2D eigenvalue weighted by molar-refractivity contribution is 5.75. The summed E-state index contributed by atoms with van der Waals surface area (Å²) < 4.78 is 5.16. The molecule has 1 rings (SSSR count). The molecule has 0 aliphatic heterocycles. The third-order valence-electron chi connectivity index (χ3n) is 2.76. The summed E-state index contributed by atoms with van der Waals surface area (Å²) in [6.07, 6.45) is 0. The highest BCUT2D eigenvalue weighted by Gasteiger charge is 2.13. The second-order valence-corrected chi connectivity index (χ2v) is 4.83. The molecule has 0 saturated heterocycles. The number of primary amides is 1. The minimum atomic E-state index is -0.799. The number of amides is 1. The van der Waals surface area contributed by atoms with E-state index in [2.05, 4.69) is 0 Å². The number of nitrogens with zero attached hydrogens (tertiary/aromatic N) is 1. The van der Waals surface area contributed by atoms with Gasteiger partial charge in [0.2, 0.25) is 0 Å². The van der Waals surface area contributed by atoms with E-state index in [-0.39, 0.29) is 6.61 Å². The number of hydrogen-bond acceptors (Lipinski definition) is 4. The molecular formula is C14H20N2O4. The molecule has 0 radical (unpaired) electrons. The van der Waals surface area contributed by atoms with Gasteiger partial charge < -0.3 is 20.5 Å². The number of rotatable bonds is 8. The first-order chi connectivity index (χ1) is 9.38. The van der Waals surface area contributed by atoms with Crippen molar-refractivity contribution in [2.45, 2.75) is 13.5 Å². The second-order valence-electron chi connectivity index (χ2n) is 4.83. The molecule has 6 nitrogen and oxygen atoms in total. The Hall–Kier alpha value is -2.08. The van der Waals surface area contributed by atoms with Gasteiger partial charge in [0.1, 0.15) is 5.75 Å². The number of carbonyl (C=O) groups is 2. The van der Waals surface area contributed by atoms with Crippen LogP contribution in [0.3, 0.4) is 0 Å². The number of carboxylic acid groups (broad SMARTS) is 1. The maximum atomic E-state index is 10.8. The molecule has 1 aromatic carbocycles. The van der Waals surface area contributed by atoms with E-state index in [1.807, 2.05) is 24.1 Å². The van der Waals surface area contributed by atoms with Gasteiger partial charge in [-0.05, 0) is 24.7 Å². The Bertz CT molecular complexity index is 459. The van der Waals surface area contributed by atoms with Crippen LogP contribution < -0.4 is 10.5 Å². The zero-order valence-corrected chi connectivity index (χ0v) is 11.7. The van der Waals surface area contributed by atoms with Gasteiger partial charge in [-0.25, -0.2) is 0 Å². The first-order valence-electron chi connectivity index (χ1n) is 6.30. The van der Waals surface area contributed by atoms with Crippen molar-refractivity contribution in [3.8, 4) is 5.75 Å². The first kappa shape index (κ1) is 16.0. The predicted molar refractivity (Wildman–Crippen MR) is 74.3 cm³/mol. The third-order valence-corrected chi connectivity index (χ3v) is 2.76. The van der Waals surface area contributed by atoms with Crippen LogP contribution in [0.4, 0.5) is 0 Å². The molecule has 0 aromatic heterocycles. The highest BCUT2D eigenvalue weighted by atomic mass is 16.5. The molecule has 0 saturated carbocycles. The number of hydrogen-bond donors (Lipinski definition) is 2. The van der Waals surface area contributed by atoms with Crippen LogP contribution >= 0.6 is 0 Å². The van der Waals surface area contributed by atoms with Crippen LogP contribution in [0.25, 0.3) is 0 Å². The van der Waals surface area contributed by atoms with Crippen molar-refractivity contribution >= 4 is 11.9 Å². The van der Waals surface area contributed by atoms with Crippen LogP contribution in [-0.4, -0.2) is 42.1 Å². The van der Waals surface area contributed by atoms with E-state index in [1.165, 1.54) is 0 Å². The van der Waals surface area contributed by atoms with E-state index in [0.29, 0.717) is 18.8 Å². The lowest BCUT2D eigenvalue weighted by Gasteiger charge is -2.19. The van der Waals surface area contributed by atoms with Crippen molar-refractivity contribution < 1.29 is 19.4 Å². The Morgan fingerprint density at radius 1 is 1.35 bits per heavy atom. The van der Waals surface area contributed by atoms with E-state index in [0.717, 1.165) is 5.56 Å². The van der Waals surface area contributed by atoms with Crippen molar-refractivity contribution in [3.05, 3.63) is 29.8 Å². The fraction of sp³-hybridized carbons (Fsp3) is 0.429. The first-order valence-corrected chi connectivity index (χ1v) is 6.30. The Morgan fingerprint density at radius 2 is 1.95 bits per heavy atom. The van der Waals surface area contributed by atoms with Crippen molar-refractivity contribution in [2.24, 2.45) is 11.7 Å². The van der Waals surface area contributed by atoms with Gasteiger partial charge in [-0.2, -0.15) is 0 Å². The Balaban J connectivity index is 2.48. The Morgan fingerprint density at radius 3 is 2.45 bits per heavy atom. The van der Waals surface area contributed by atoms with Gasteiger partial charge in [0, 0.05) is 13.1 Å². The van der Waals surface area contributed by atoms with Crippen LogP contribution in [0.1, 0.15) is 12.5 Å². The van der Waals surface area contributed by atoms with Crippen LogP contribution in [0.2, 0.25) is 0 Å². The van der Waals surface area contributed by atoms with Gasteiger partial charge in [-0.1, -0.05) is 19.1 Å². The van der Waals surface area contributed by atoms with E-state index in [4.69, 9.17) is 15.6 Å². The maximum absolute atomic E-state index is 10.8. The molecule has 1 unspecified atom stereocenters. The number of nitrogens with two attached hydrogens (primary N) is 1. The topological polar surface area (TPSA) is 92.9 Å². The number of benzene rings is 1. The number of ether oxygens (including phenoxy) is 1. The summed E-state index contributed by atoms with van der Waals surface area (Å²) in [6, 6.07) is 7.26. The Kier molecular flexibility index (Phi) is 5.99. The lowest BCUT2D eigenvalue weighted by atomic mass is 10.1. The molecule has 6 heteroatoms. The molecule has 0 spiro atoms. The monoisotopic (exact) mass is 280 g/mol. The largest absolute Gasteiger partial charge is 0.484 e. The smallest absolute Gasteiger partial charge is 0.307 e. The van der Waals surface area contributed by atoms with Crippen LogP contribution in [-0.2, 0) is 16.1 Å². The molecule has 0 fully saturated rings. The second kappa shape index (κ2) is 7.49.